The number of aromatic nitrogens is 9. The third-order valence-corrected chi connectivity index (χ3v) is 13.1. The maximum absolute atomic E-state index is 13.1. The summed E-state index contributed by atoms with van der Waals surface area (Å²) in [7, 11) is 0. The van der Waals surface area contributed by atoms with Crippen molar-refractivity contribution in [2.45, 2.75) is 51.2 Å². The molecule has 10 rings (SSSR count). The number of aryl methyl sites for hydroxylation is 1. The van der Waals surface area contributed by atoms with Gasteiger partial charge in [-0.05, 0) is 99.3 Å². The Hall–Kier alpha value is -8.49. The first-order valence-electron chi connectivity index (χ1n) is 24.9. The van der Waals surface area contributed by atoms with E-state index in [1.54, 1.807) is 75.1 Å². The Kier molecular flexibility index (Phi) is 16.2. The number of ether oxygens (including phenoxy) is 2. The molecule has 4 aliphatic heterocycles. The van der Waals surface area contributed by atoms with E-state index in [2.05, 4.69) is 56.6 Å². The van der Waals surface area contributed by atoms with Crippen LogP contribution >= 0.6 is 0 Å². The minimum absolute atomic E-state index is 0.0416. The number of nitrogens with two attached hydrogens (primary N) is 3. The molecule has 0 radical (unpaired) electrons. The number of carbonyl (C=O) groups is 5. The van der Waals surface area contributed by atoms with Gasteiger partial charge >= 0.3 is 0 Å². The number of piperidine rings is 2. The number of anilines is 6. The Labute approximate surface area is 430 Å². The summed E-state index contributed by atoms with van der Waals surface area (Å²) in [5, 5.41) is 33.8. The van der Waals surface area contributed by atoms with Crippen molar-refractivity contribution in [1.29, 1.82) is 0 Å². The first-order chi connectivity index (χ1) is 36.4. The largest absolute Gasteiger partial charge is 0.378 e. The Morgan fingerprint density at radius 1 is 0.613 bits per heavy atom. The molecule has 75 heavy (non-hydrogen) atoms. The molecule has 7 heterocycles. The number of amides is 5. The van der Waals surface area contributed by atoms with Crippen molar-refractivity contribution in [1.82, 2.24) is 60.5 Å². The third kappa shape index (κ3) is 12.5. The smallest absolute Gasteiger partial charge is 0.273 e. The topological polar surface area (TPSA) is 339 Å². The average molecular weight is 1030 g/mol. The molecule has 3 aromatic heterocycles. The minimum Gasteiger partial charge on any atom is -0.378 e. The summed E-state index contributed by atoms with van der Waals surface area (Å²) < 4.78 is 12.4. The average Bonchev–Trinajstić information content (AvgIpc) is 3.86. The van der Waals surface area contributed by atoms with Gasteiger partial charge in [0.05, 0.1) is 31.9 Å². The lowest BCUT2D eigenvalue weighted by Crippen LogP contribution is -2.48. The van der Waals surface area contributed by atoms with Crippen LogP contribution in [-0.2, 0) is 16.0 Å². The highest BCUT2D eigenvalue weighted by Crippen LogP contribution is 2.25. The maximum atomic E-state index is 13.1. The van der Waals surface area contributed by atoms with E-state index in [-0.39, 0.29) is 52.8 Å². The maximum Gasteiger partial charge on any atom is 0.273 e. The number of carbonyl (C=O) groups excluding carboxylic acids is 5. The molecule has 26 nitrogen and oxygen atoms in total. The highest BCUT2D eigenvalue weighted by molar-refractivity contribution is 5.99. The highest BCUT2D eigenvalue weighted by atomic mass is 16.5. The second-order valence-corrected chi connectivity index (χ2v) is 18.3. The third-order valence-electron chi connectivity index (χ3n) is 13.1. The molecule has 0 bridgehead atoms. The molecular formula is C49H59N19O7. The molecule has 9 N–H and O–H groups in total. The van der Waals surface area contributed by atoms with Gasteiger partial charge in [-0.15, -0.1) is 25.5 Å². The van der Waals surface area contributed by atoms with Crippen LogP contribution < -0.4 is 43.0 Å². The zero-order chi connectivity index (χ0) is 52.4. The lowest BCUT2D eigenvalue weighted by Gasteiger charge is -2.33. The summed E-state index contributed by atoms with van der Waals surface area (Å²) in [5.41, 5.74) is 21.3. The van der Waals surface area contributed by atoms with Gasteiger partial charge in [0.15, 0.2) is 23.0 Å². The van der Waals surface area contributed by atoms with Crippen molar-refractivity contribution < 1.29 is 33.4 Å². The number of morpholine rings is 2. The van der Waals surface area contributed by atoms with Gasteiger partial charge in [-0.25, -0.2) is 4.68 Å². The predicted octanol–water partition coefficient (Wildman–Crippen LogP) is 1.46. The lowest BCUT2D eigenvalue weighted by molar-refractivity contribution is 0.0301. The highest BCUT2D eigenvalue weighted by Gasteiger charge is 2.28. The zero-order valence-corrected chi connectivity index (χ0v) is 41.4. The van der Waals surface area contributed by atoms with Gasteiger partial charge in [0.1, 0.15) is 5.52 Å². The van der Waals surface area contributed by atoms with Crippen LogP contribution in [0.1, 0.15) is 84.7 Å². The number of nitrogens with zero attached hydrogens (tertiary/aromatic N) is 13. The number of hydrogen-bond donors (Lipinski definition) is 6. The Morgan fingerprint density at radius 2 is 1.11 bits per heavy atom. The lowest BCUT2D eigenvalue weighted by atomic mass is 10.1. The molecular weight excluding hydrogens is 967 g/mol. The Morgan fingerprint density at radius 3 is 1.60 bits per heavy atom. The standard InChI is InChI=1S/C29H33N11O4.C20H26N8O3/c1-2-40-23-10-7-19(16-22(23)34-37-40)27(42)32-21-4-3-11-39(17-21)29-33-26(24(25(30)41)35-36-29)31-20-8-5-18(6-9-20)28(43)38-12-14-44-15-13-38;21-14-2-1-7-28(12-14)20-24-18(16(17(22)29)25-26-20)23-15-5-3-13(4-6-15)19(30)27-8-10-31-11-9-27/h5-10,16,21H,2-4,11-15,17H2,1H3,(H2,30,41)(H,32,42)(H,31,33,36);3-6,14H,1-2,7-12,21H2,(H2,22,29)(H,23,24,26)/t21-;14-/m11/s1. The van der Waals surface area contributed by atoms with Crippen LogP contribution in [0.3, 0.4) is 0 Å². The van der Waals surface area contributed by atoms with Gasteiger partial charge in [0.2, 0.25) is 11.9 Å². The molecule has 2 atom stereocenters. The fourth-order valence-corrected chi connectivity index (χ4v) is 9.06. The molecule has 0 unspecified atom stereocenters. The van der Waals surface area contributed by atoms with E-state index >= 15 is 0 Å². The van der Waals surface area contributed by atoms with Crippen LogP contribution in [0.15, 0.2) is 66.7 Å². The Balaban J connectivity index is 0.000000195. The van der Waals surface area contributed by atoms with Crippen molar-refractivity contribution in [3.63, 3.8) is 0 Å². The number of fused-ring (bicyclic) bond motifs is 1. The molecule has 3 aromatic carbocycles. The fourth-order valence-electron chi connectivity index (χ4n) is 9.06. The predicted molar refractivity (Wildman–Crippen MR) is 275 cm³/mol. The number of rotatable bonds is 13. The monoisotopic (exact) mass is 1030 g/mol. The Bertz CT molecular complexity index is 3020. The summed E-state index contributed by atoms with van der Waals surface area (Å²) in [5.74, 6) is -0.777. The zero-order valence-electron chi connectivity index (χ0n) is 41.4. The van der Waals surface area contributed by atoms with Gasteiger partial charge < -0.3 is 62.2 Å². The SMILES string of the molecule is CCn1nnc2cc(C(=O)N[C@@H]3CCCN(c4nnc(C(N)=O)c(Nc5ccc(C(=O)N6CCOCC6)cc5)n4)C3)ccc21.NC(=O)c1nnc(N2CCC[C@@H](N)C2)nc1Nc1ccc(C(=O)N2CCOCC2)cc1. The summed E-state index contributed by atoms with van der Waals surface area (Å²) in [6, 6.07) is 19.1. The molecule has 4 aliphatic rings. The van der Waals surface area contributed by atoms with E-state index in [1.807, 2.05) is 22.8 Å². The van der Waals surface area contributed by atoms with Gasteiger partial charge in [0, 0.05) is 99.1 Å². The van der Waals surface area contributed by atoms with Crippen molar-refractivity contribution in [2.75, 3.05) is 99.2 Å². The number of benzene rings is 3. The van der Waals surface area contributed by atoms with Crippen molar-refractivity contribution >= 4 is 75.5 Å². The molecule has 392 valence electrons. The van der Waals surface area contributed by atoms with Crippen molar-refractivity contribution in [3.05, 3.63) is 94.8 Å². The summed E-state index contributed by atoms with van der Waals surface area (Å²) in [6.07, 6.45) is 3.45. The van der Waals surface area contributed by atoms with E-state index in [0.717, 1.165) is 37.7 Å². The van der Waals surface area contributed by atoms with Gasteiger partial charge in [-0.3, -0.25) is 24.0 Å². The van der Waals surface area contributed by atoms with E-state index < -0.39 is 11.8 Å². The summed E-state index contributed by atoms with van der Waals surface area (Å²) >= 11 is 0. The van der Waals surface area contributed by atoms with E-state index in [9.17, 15) is 24.0 Å². The minimum atomic E-state index is -0.780. The van der Waals surface area contributed by atoms with Crippen LogP contribution in [0.4, 0.5) is 34.9 Å². The number of primary amides is 2. The van der Waals surface area contributed by atoms with Gasteiger partial charge in [0.25, 0.3) is 29.5 Å². The second-order valence-electron chi connectivity index (χ2n) is 18.3. The molecule has 26 heteroatoms. The molecule has 4 fully saturated rings. The molecule has 5 amide bonds. The van der Waals surface area contributed by atoms with Crippen LogP contribution in [-0.4, -0.2) is 176 Å². The van der Waals surface area contributed by atoms with Crippen molar-refractivity contribution in [2.24, 2.45) is 17.2 Å². The van der Waals surface area contributed by atoms with Crippen LogP contribution in [0.2, 0.25) is 0 Å². The van der Waals surface area contributed by atoms with E-state index in [0.29, 0.717) is 124 Å². The van der Waals surface area contributed by atoms with Crippen LogP contribution in [0.25, 0.3) is 11.0 Å². The summed E-state index contributed by atoms with van der Waals surface area (Å²) in [4.78, 5) is 78.9. The van der Waals surface area contributed by atoms with Crippen LogP contribution in [0.5, 0.6) is 0 Å². The van der Waals surface area contributed by atoms with E-state index in [4.69, 9.17) is 26.7 Å². The van der Waals surface area contributed by atoms with Crippen molar-refractivity contribution in [3.8, 4) is 0 Å². The molecule has 0 spiro atoms. The first-order valence-corrected chi connectivity index (χ1v) is 24.9. The molecule has 0 aliphatic carbocycles. The number of nitrogens with one attached hydrogen (secondary N) is 3. The normalized spacial score (nSPS) is 17.9. The molecule has 0 saturated carbocycles. The molecule has 6 aromatic rings. The van der Waals surface area contributed by atoms with Crippen LogP contribution in [0, 0.1) is 0 Å². The summed E-state index contributed by atoms with van der Waals surface area (Å²) in [6.45, 7) is 9.57. The van der Waals surface area contributed by atoms with E-state index in [1.165, 1.54) is 0 Å². The quantitative estimate of drug-likeness (QED) is 0.0954. The first kappa shape index (κ1) is 51.4. The fraction of sp³-hybridized carbons (Fsp3) is 0.408. The van der Waals surface area contributed by atoms with Gasteiger partial charge in [-0.2, -0.15) is 9.97 Å². The second kappa shape index (κ2) is 23.6. The molecule has 4 saturated heterocycles. The van der Waals surface area contributed by atoms with Gasteiger partial charge in [-0.1, -0.05) is 5.21 Å². The number of hydrogen-bond acceptors (Lipinski definition) is 20.